The van der Waals surface area contributed by atoms with Crippen LogP contribution in [0.2, 0.25) is 0 Å². The van der Waals surface area contributed by atoms with E-state index in [9.17, 15) is 9.59 Å². The van der Waals surface area contributed by atoms with Crippen LogP contribution in [0.5, 0.6) is 11.5 Å². The van der Waals surface area contributed by atoms with E-state index in [1.807, 2.05) is 29.0 Å². The van der Waals surface area contributed by atoms with Crippen molar-refractivity contribution >= 4 is 17.7 Å². The van der Waals surface area contributed by atoms with Gasteiger partial charge in [0.1, 0.15) is 0 Å². The highest BCUT2D eigenvalue weighted by Gasteiger charge is 2.16. The van der Waals surface area contributed by atoms with Crippen molar-refractivity contribution in [1.29, 1.82) is 0 Å². The molecule has 1 N–H and O–H groups in total. The van der Waals surface area contributed by atoms with Gasteiger partial charge < -0.3 is 29.0 Å². The van der Waals surface area contributed by atoms with E-state index in [2.05, 4.69) is 10.3 Å². The lowest BCUT2D eigenvalue weighted by Crippen LogP contribution is -2.35. The number of carbonyl (C=O) groups is 2. The Labute approximate surface area is 199 Å². The van der Waals surface area contributed by atoms with Gasteiger partial charge >= 0.3 is 12.0 Å². The van der Waals surface area contributed by atoms with Crippen LogP contribution in [0.15, 0.2) is 61.2 Å². The standard InChI is InChI=1S/C25H30N4O5/c1-4-34-24(30)20-7-9-21(10-8-20)27-25(31)29(14-5-13-28-15-12-26-18-28)17-19-6-11-22(32-2)23(16-19)33-3/h6-12,15-16,18H,4-5,13-14,17H2,1-3H3,(H,27,31). The lowest BCUT2D eigenvalue weighted by molar-refractivity contribution is 0.0526. The summed E-state index contributed by atoms with van der Waals surface area (Å²) in [6.07, 6.45) is 6.13. The second-order valence-corrected chi connectivity index (χ2v) is 7.49. The molecule has 180 valence electrons. The predicted octanol–water partition coefficient (Wildman–Crippen LogP) is 4.20. The first kappa shape index (κ1) is 24.6. The number of imidazole rings is 1. The number of esters is 1. The number of urea groups is 1. The van der Waals surface area contributed by atoms with Gasteiger partial charge in [0, 0.05) is 37.7 Å². The van der Waals surface area contributed by atoms with Crippen molar-refractivity contribution in [1.82, 2.24) is 14.5 Å². The Kier molecular flexibility index (Phi) is 8.90. The third-order valence-corrected chi connectivity index (χ3v) is 5.16. The Balaban J connectivity index is 1.71. The fourth-order valence-corrected chi connectivity index (χ4v) is 3.42. The molecule has 0 atom stereocenters. The van der Waals surface area contributed by atoms with Crippen LogP contribution in [0, 0.1) is 0 Å². The summed E-state index contributed by atoms with van der Waals surface area (Å²) in [6.45, 7) is 3.72. The Morgan fingerprint density at radius 3 is 2.47 bits per heavy atom. The Morgan fingerprint density at radius 2 is 1.82 bits per heavy atom. The average Bonchev–Trinajstić information content (AvgIpc) is 3.37. The number of aryl methyl sites for hydroxylation is 1. The third-order valence-electron chi connectivity index (χ3n) is 5.16. The molecule has 0 aliphatic rings. The van der Waals surface area contributed by atoms with Gasteiger partial charge in [-0.1, -0.05) is 6.07 Å². The zero-order valence-corrected chi connectivity index (χ0v) is 19.7. The number of benzene rings is 2. The van der Waals surface area contributed by atoms with E-state index in [-0.39, 0.29) is 6.03 Å². The molecule has 9 heteroatoms. The summed E-state index contributed by atoms with van der Waals surface area (Å²) in [5.41, 5.74) is 1.93. The number of carbonyl (C=O) groups excluding carboxylic acids is 2. The first-order valence-electron chi connectivity index (χ1n) is 11.0. The van der Waals surface area contributed by atoms with E-state index in [1.54, 1.807) is 62.8 Å². The lowest BCUT2D eigenvalue weighted by Gasteiger charge is -2.24. The fraction of sp³-hybridized carbons (Fsp3) is 0.320. The first-order chi connectivity index (χ1) is 16.5. The molecule has 0 aliphatic heterocycles. The second kappa shape index (κ2) is 12.3. The quantitative estimate of drug-likeness (QED) is 0.426. The maximum absolute atomic E-state index is 13.2. The normalized spacial score (nSPS) is 10.4. The van der Waals surface area contributed by atoms with Crippen LogP contribution in [-0.4, -0.2) is 53.8 Å². The van der Waals surface area contributed by atoms with Crippen molar-refractivity contribution < 1.29 is 23.8 Å². The highest BCUT2D eigenvalue weighted by molar-refractivity contribution is 5.92. The van der Waals surface area contributed by atoms with Crippen LogP contribution in [0.1, 0.15) is 29.3 Å². The second-order valence-electron chi connectivity index (χ2n) is 7.49. The topological polar surface area (TPSA) is 94.9 Å². The molecule has 0 radical (unpaired) electrons. The van der Waals surface area contributed by atoms with E-state index < -0.39 is 5.97 Å². The van der Waals surface area contributed by atoms with Crippen LogP contribution in [0.4, 0.5) is 10.5 Å². The Morgan fingerprint density at radius 1 is 1.06 bits per heavy atom. The van der Waals surface area contributed by atoms with Crippen molar-refractivity contribution in [3.63, 3.8) is 0 Å². The summed E-state index contributed by atoms with van der Waals surface area (Å²) >= 11 is 0. The van der Waals surface area contributed by atoms with Gasteiger partial charge in [-0.25, -0.2) is 14.6 Å². The molecule has 0 saturated carbocycles. The van der Waals surface area contributed by atoms with E-state index >= 15 is 0 Å². The number of methoxy groups -OCH3 is 2. The number of hydrogen-bond donors (Lipinski definition) is 1. The van der Waals surface area contributed by atoms with Gasteiger partial charge in [0.2, 0.25) is 0 Å². The minimum absolute atomic E-state index is 0.246. The fourth-order valence-electron chi connectivity index (χ4n) is 3.42. The van der Waals surface area contributed by atoms with Gasteiger partial charge in [0.15, 0.2) is 11.5 Å². The van der Waals surface area contributed by atoms with E-state index in [0.717, 1.165) is 18.5 Å². The number of nitrogens with zero attached hydrogens (tertiary/aromatic N) is 3. The number of nitrogens with one attached hydrogen (secondary N) is 1. The van der Waals surface area contributed by atoms with Crippen molar-refractivity contribution in [2.24, 2.45) is 0 Å². The van der Waals surface area contributed by atoms with Crippen molar-refractivity contribution in [2.75, 3.05) is 32.7 Å². The van der Waals surface area contributed by atoms with Crippen molar-refractivity contribution in [2.45, 2.75) is 26.4 Å². The average molecular weight is 467 g/mol. The largest absolute Gasteiger partial charge is 0.493 e. The molecule has 3 aromatic rings. The highest BCUT2D eigenvalue weighted by atomic mass is 16.5. The lowest BCUT2D eigenvalue weighted by atomic mass is 10.2. The van der Waals surface area contributed by atoms with Crippen LogP contribution < -0.4 is 14.8 Å². The smallest absolute Gasteiger partial charge is 0.338 e. The number of hydrogen-bond acceptors (Lipinski definition) is 6. The van der Waals surface area contributed by atoms with E-state index in [4.69, 9.17) is 14.2 Å². The number of amides is 2. The molecule has 3 rings (SSSR count). The monoisotopic (exact) mass is 466 g/mol. The molecule has 9 nitrogen and oxygen atoms in total. The Hall–Kier alpha value is -4.01. The molecule has 2 aromatic carbocycles. The number of ether oxygens (including phenoxy) is 3. The van der Waals surface area contributed by atoms with Gasteiger partial charge in [0.25, 0.3) is 0 Å². The van der Waals surface area contributed by atoms with Gasteiger partial charge in [-0.3, -0.25) is 0 Å². The van der Waals surface area contributed by atoms with Crippen molar-refractivity contribution in [3.8, 4) is 11.5 Å². The molecule has 0 unspecified atom stereocenters. The maximum Gasteiger partial charge on any atom is 0.338 e. The van der Waals surface area contributed by atoms with Gasteiger partial charge in [-0.05, 0) is 55.3 Å². The molecular weight excluding hydrogens is 436 g/mol. The summed E-state index contributed by atoms with van der Waals surface area (Å²) in [4.78, 5) is 30.8. The van der Waals surface area contributed by atoms with Crippen molar-refractivity contribution in [3.05, 3.63) is 72.3 Å². The van der Waals surface area contributed by atoms with E-state index in [0.29, 0.717) is 42.4 Å². The van der Waals surface area contributed by atoms with Crippen LogP contribution >= 0.6 is 0 Å². The molecule has 0 spiro atoms. The molecule has 0 bridgehead atoms. The minimum Gasteiger partial charge on any atom is -0.493 e. The molecule has 1 aromatic heterocycles. The third kappa shape index (κ3) is 6.74. The zero-order valence-electron chi connectivity index (χ0n) is 19.7. The molecule has 0 fully saturated rings. The van der Waals surface area contributed by atoms with Gasteiger partial charge in [-0.2, -0.15) is 0 Å². The van der Waals surface area contributed by atoms with E-state index in [1.165, 1.54) is 0 Å². The summed E-state index contributed by atoms with van der Waals surface area (Å²) in [7, 11) is 3.16. The molecule has 1 heterocycles. The number of rotatable bonds is 11. The Bertz CT molecular complexity index is 1070. The SMILES string of the molecule is CCOC(=O)c1ccc(NC(=O)N(CCCn2ccnc2)Cc2ccc(OC)c(OC)c2)cc1. The maximum atomic E-state index is 13.2. The molecule has 34 heavy (non-hydrogen) atoms. The van der Waals surface area contributed by atoms with Crippen LogP contribution in [0.3, 0.4) is 0 Å². The summed E-state index contributed by atoms with van der Waals surface area (Å²) in [5, 5.41) is 2.92. The summed E-state index contributed by atoms with van der Waals surface area (Å²) in [5.74, 6) is 0.840. The minimum atomic E-state index is -0.394. The molecule has 0 aliphatic carbocycles. The van der Waals surface area contributed by atoms with Gasteiger partial charge in [-0.15, -0.1) is 0 Å². The number of aromatic nitrogens is 2. The molecular formula is C25H30N4O5. The summed E-state index contributed by atoms with van der Waals surface area (Å²) in [6, 6.07) is 12.0. The highest BCUT2D eigenvalue weighted by Crippen LogP contribution is 2.28. The van der Waals surface area contributed by atoms with Gasteiger partial charge in [0.05, 0.1) is 32.7 Å². The molecule has 2 amide bonds. The first-order valence-corrected chi connectivity index (χ1v) is 11.0. The predicted molar refractivity (Wildman–Crippen MR) is 128 cm³/mol. The molecule has 0 saturated heterocycles. The van der Waals surface area contributed by atoms with Crippen LogP contribution in [0.25, 0.3) is 0 Å². The number of anilines is 1. The zero-order chi connectivity index (χ0) is 24.3. The summed E-state index contributed by atoms with van der Waals surface area (Å²) < 4.78 is 17.7. The van der Waals surface area contributed by atoms with Crippen LogP contribution in [-0.2, 0) is 17.8 Å².